The maximum absolute atomic E-state index is 12.3. The number of hydrogen-bond donors (Lipinski definition) is 0. The summed E-state index contributed by atoms with van der Waals surface area (Å²) < 4.78 is 16.8. The minimum Gasteiger partial charge on any atom is -0.465 e. The molecule has 0 heterocycles. The van der Waals surface area contributed by atoms with Gasteiger partial charge in [0.25, 0.3) is 0 Å². The highest BCUT2D eigenvalue weighted by atomic mass is 35.5. The standard InChI is InChI=1S/C6H8ClFO2/c1-2-10-5(9)6(7)3-4(6)8/h4H,2-3H2,1H3/t4-,6-/m1/s1. The van der Waals surface area contributed by atoms with E-state index in [0.29, 0.717) is 0 Å². The van der Waals surface area contributed by atoms with E-state index in [2.05, 4.69) is 4.74 Å². The molecular weight excluding hydrogens is 159 g/mol. The van der Waals surface area contributed by atoms with Crippen molar-refractivity contribution in [2.45, 2.75) is 24.4 Å². The Labute approximate surface area is 63.3 Å². The second-order valence-corrected chi connectivity index (χ2v) is 2.93. The summed E-state index contributed by atoms with van der Waals surface area (Å²) >= 11 is 5.47. The maximum Gasteiger partial charge on any atom is 0.330 e. The number of rotatable bonds is 2. The Morgan fingerprint density at radius 2 is 2.50 bits per heavy atom. The Bertz CT molecular complexity index is 162. The van der Waals surface area contributed by atoms with Gasteiger partial charge >= 0.3 is 5.97 Å². The third-order valence-corrected chi connectivity index (χ3v) is 1.97. The molecule has 1 aliphatic carbocycles. The molecule has 0 aromatic rings. The van der Waals surface area contributed by atoms with Crippen LogP contribution in [0.15, 0.2) is 0 Å². The van der Waals surface area contributed by atoms with Gasteiger partial charge in [-0.15, -0.1) is 11.6 Å². The fourth-order valence-electron chi connectivity index (χ4n) is 0.664. The van der Waals surface area contributed by atoms with E-state index in [0.717, 1.165) is 0 Å². The molecule has 1 fully saturated rings. The van der Waals surface area contributed by atoms with Crippen molar-refractivity contribution in [1.29, 1.82) is 0 Å². The zero-order valence-corrected chi connectivity index (χ0v) is 6.32. The number of esters is 1. The molecule has 0 bridgehead atoms. The van der Waals surface area contributed by atoms with Gasteiger partial charge in [-0.3, -0.25) is 4.79 Å². The van der Waals surface area contributed by atoms with Crippen molar-refractivity contribution in [3.63, 3.8) is 0 Å². The van der Waals surface area contributed by atoms with Crippen molar-refractivity contribution in [2.75, 3.05) is 6.61 Å². The molecule has 0 aliphatic heterocycles. The molecule has 0 unspecified atom stereocenters. The third kappa shape index (κ3) is 1.10. The van der Waals surface area contributed by atoms with E-state index in [4.69, 9.17) is 11.6 Å². The van der Waals surface area contributed by atoms with Gasteiger partial charge in [0.1, 0.15) is 6.17 Å². The van der Waals surface area contributed by atoms with Gasteiger partial charge in [0, 0.05) is 6.42 Å². The summed E-state index contributed by atoms with van der Waals surface area (Å²) in [6, 6.07) is 0. The molecule has 0 spiro atoms. The summed E-state index contributed by atoms with van der Waals surface area (Å²) in [7, 11) is 0. The van der Waals surface area contributed by atoms with Gasteiger partial charge in [-0.1, -0.05) is 0 Å². The van der Waals surface area contributed by atoms with E-state index in [-0.39, 0.29) is 13.0 Å². The zero-order chi connectivity index (χ0) is 7.78. The fourth-order valence-corrected chi connectivity index (χ4v) is 0.854. The van der Waals surface area contributed by atoms with Gasteiger partial charge in [0.2, 0.25) is 0 Å². The van der Waals surface area contributed by atoms with Crippen LogP contribution in [0.4, 0.5) is 4.39 Å². The molecule has 0 amide bonds. The fraction of sp³-hybridized carbons (Fsp3) is 0.833. The molecule has 1 aliphatic rings. The Kier molecular flexibility index (Phi) is 1.86. The van der Waals surface area contributed by atoms with E-state index in [1.165, 1.54) is 0 Å². The predicted molar refractivity (Wildman–Crippen MR) is 34.7 cm³/mol. The number of hydrogen-bond acceptors (Lipinski definition) is 2. The van der Waals surface area contributed by atoms with Crippen LogP contribution in [0, 0.1) is 0 Å². The van der Waals surface area contributed by atoms with Gasteiger partial charge < -0.3 is 4.74 Å². The molecule has 0 saturated heterocycles. The first-order valence-electron chi connectivity index (χ1n) is 3.11. The minimum atomic E-state index is -1.34. The van der Waals surface area contributed by atoms with Gasteiger partial charge in [-0.25, -0.2) is 4.39 Å². The molecule has 1 rings (SSSR count). The highest BCUT2D eigenvalue weighted by Gasteiger charge is 2.61. The summed E-state index contributed by atoms with van der Waals surface area (Å²) in [4.78, 5) is 9.41. The predicted octanol–water partition coefficient (Wildman–Crippen LogP) is 1.27. The summed E-state index contributed by atoms with van der Waals surface area (Å²) in [5.74, 6) is -0.635. The first-order valence-corrected chi connectivity index (χ1v) is 3.49. The molecule has 0 N–H and O–H groups in total. The summed E-state index contributed by atoms with van der Waals surface area (Å²) in [6.07, 6.45) is -1.12. The lowest BCUT2D eigenvalue weighted by molar-refractivity contribution is -0.143. The SMILES string of the molecule is CCOC(=O)[C@@]1(Cl)C[C@H]1F. The second kappa shape index (κ2) is 2.38. The molecular formula is C6H8ClFO2. The van der Waals surface area contributed by atoms with E-state index in [1.807, 2.05) is 0 Å². The van der Waals surface area contributed by atoms with Gasteiger partial charge in [-0.05, 0) is 6.92 Å². The molecule has 4 heteroatoms. The monoisotopic (exact) mass is 166 g/mol. The van der Waals surface area contributed by atoms with Crippen LogP contribution in [0.1, 0.15) is 13.3 Å². The minimum absolute atomic E-state index is 0.0907. The smallest absolute Gasteiger partial charge is 0.330 e. The van der Waals surface area contributed by atoms with Crippen molar-refractivity contribution in [2.24, 2.45) is 0 Å². The van der Waals surface area contributed by atoms with E-state index < -0.39 is 17.0 Å². The highest BCUT2D eigenvalue weighted by Crippen LogP contribution is 2.46. The lowest BCUT2D eigenvalue weighted by Crippen LogP contribution is -2.21. The lowest BCUT2D eigenvalue weighted by atomic mass is 10.4. The van der Waals surface area contributed by atoms with Crippen molar-refractivity contribution >= 4 is 17.6 Å². The number of alkyl halides is 2. The molecule has 0 radical (unpaired) electrons. The van der Waals surface area contributed by atoms with Crippen LogP contribution in [-0.2, 0) is 9.53 Å². The Balaban J connectivity index is 2.43. The van der Waals surface area contributed by atoms with Crippen molar-refractivity contribution in [3.05, 3.63) is 0 Å². The molecule has 2 atom stereocenters. The Hall–Kier alpha value is -0.310. The van der Waals surface area contributed by atoms with E-state index >= 15 is 0 Å². The van der Waals surface area contributed by atoms with Crippen molar-refractivity contribution in [1.82, 2.24) is 0 Å². The molecule has 58 valence electrons. The molecule has 2 nitrogen and oxygen atoms in total. The number of ether oxygens (including phenoxy) is 1. The summed E-state index contributed by atoms with van der Waals surface area (Å²) in [5, 5.41) is 0. The number of carbonyl (C=O) groups is 1. The normalized spacial score (nSPS) is 37.3. The highest BCUT2D eigenvalue weighted by molar-refractivity contribution is 6.37. The molecule has 0 aromatic heterocycles. The van der Waals surface area contributed by atoms with Crippen LogP contribution >= 0.6 is 11.6 Å². The van der Waals surface area contributed by atoms with Crippen LogP contribution in [0.2, 0.25) is 0 Å². The average molecular weight is 167 g/mol. The first-order chi connectivity index (χ1) is 4.61. The van der Waals surface area contributed by atoms with E-state index in [9.17, 15) is 9.18 Å². The molecule has 1 saturated carbocycles. The van der Waals surface area contributed by atoms with Crippen LogP contribution < -0.4 is 0 Å². The van der Waals surface area contributed by atoms with Crippen LogP contribution in [0.3, 0.4) is 0 Å². The third-order valence-electron chi connectivity index (χ3n) is 1.43. The van der Waals surface area contributed by atoms with Crippen LogP contribution in [-0.4, -0.2) is 23.6 Å². The van der Waals surface area contributed by atoms with Gasteiger partial charge in [0.05, 0.1) is 6.61 Å². The van der Waals surface area contributed by atoms with E-state index in [1.54, 1.807) is 6.92 Å². The van der Waals surface area contributed by atoms with Crippen LogP contribution in [0.25, 0.3) is 0 Å². The van der Waals surface area contributed by atoms with Gasteiger partial charge in [0.15, 0.2) is 4.87 Å². The summed E-state index contributed by atoms with van der Waals surface area (Å²) in [5.41, 5.74) is 0. The van der Waals surface area contributed by atoms with Crippen molar-refractivity contribution in [3.8, 4) is 0 Å². The van der Waals surface area contributed by atoms with Crippen molar-refractivity contribution < 1.29 is 13.9 Å². The first kappa shape index (κ1) is 7.79. The Morgan fingerprint density at radius 1 is 2.00 bits per heavy atom. The quantitative estimate of drug-likeness (QED) is 0.456. The maximum atomic E-state index is 12.3. The lowest BCUT2D eigenvalue weighted by Gasteiger charge is -2.03. The molecule has 0 aromatic carbocycles. The topological polar surface area (TPSA) is 26.3 Å². The average Bonchev–Trinajstić information content (AvgIpc) is 2.43. The molecule has 10 heavy (non-hydrogen) atoms. The Morgan fingerprint density at radius 3 is 2.80 bits per heavy atom. The van der Waals surface area contributed by atoms with Gasteiger partial charge in [-0.2, -0.15) is 0 Å². The second-order valence-electron chi connectivity index (χ2n) is 2.25. The van der Waals surface area contributed by atoms with Crippen LogP contribution in [0.5, 0.6) is 0 Å². The number of halogens is 2. The number of carbonyl (C=O) groups excluding carboxylic acids is 1. The largest absolute Gasteiger partial charge is 0.465 e. The summed E-state index contributed by atoms with van der Waals surface area (Å²) in [6.45, 7) is 1.91. The zero-order valence-electron chi connectivity index (χ0n) is 5.56.